The molecule has 200 valence electrons. The molecule has 0 aliphatic heterocycles. The second-order valence-electron chi connectivity index (χ2n) is 9.33. The summed E-state index contributed by atoms with van der Waals surface area (Å²) in [6, 6.07) is 15.0. The molecule has 0 aliphatic rings. The van der Waals surface area contributed by atoms with Crippen molar-refractivity contribution >= 4 is 28.3 Å². The minimum Gasteiger partial charge on any atom is -0.452 e. The summed E-state index contributed by atoms with van der Waals surface area (Å²) >= 11 is 7.05. The van der Waals surface area contributed by atoms with E-state index in [1.165, 1.54) is 12.1 Å². The van der Waals surface area contributed by atoms with Crippen LogP contribution < -0.4 is 9.64 Å². The summed E-state index contributed by atoms with van der Waals surface area (Å²) in [6.07, 6.45) is 4.94. The minimum absolute atomic E-state index is 0.336. The van der Waals surface area contributed by atoms with Crippen LogP contribution in [0.3, 0.4) is 0 Å². The largest absolute Gasteiger partial charge is 0.452 e. The number of nitrogens with zero attached hydrogens (tertiary/aromatic N) is 5. The number of imidazole rings is 1. The SMILES string of the molecule is CCN(CC)c1nc2ccc(C(O)(c3ccc(C)nc3)c3cncn3C)cc2c(Cl)c1Oc1ccc(F)cc1. The lowest BCUT2D eigenvalue weighted by Gasteiger charge is -2.30. The first-order chi connectivity index (χ1) is 18.8. The molecule has 3 aromatic heterocycles. The van der Waals surface area contributed by atoms with Crippen molar-refractivity contribution < 1.29 is 14.2 Å². The Morgan fingerprint density at radius 1 is 1.03 bits per heavy atom. The predicted octanol–water partition coefficient (Wildman–Crippen LogP) is 6.39. The fourth-order valence-corrected chi connectivity index (χ4v) is 4.99. The summed E-state index contributed by atoms with van der Waals surface area (Å²) in [7, 11) is 1.83. The number of ether oxygens (including phenoxy) is 1. The molecule has 0 radical (unpaired) electrons. The molecule has 0 amide bonds. The maximum atomic E-state index is 13.6. The number of aliphatic hydroxyl groups is 1. The van der Waals surface area contributed by atoms with Gasteiger partial charge in [-0.25, -0.2) is 14.4 Å². The van der Waals surface area contributed by atoms with Crippen molar-refractivity contribution in [2.75, 3.05) is 18.0 Å². The lowest BCUT2D eigenvalue weighted by molar-refractivity contribution is 0.117. The molecule has 1 N–H and O–H groups in total. The standard InChI is InChI=1S/C30H29ClFN5O2/c1-5-37(6-2)29-28(39-23-12-10-22(32)11-13-23)27(31)24-15-20(9-14-25(24)35-29)30(38,26-17-33-18-36(26)4)21-8-7-19(3)34-16-21/h7-18,38H,5-6H2,1-4H3. The summed E-state index contributed by atoms with van der Waals surface area (Å²) in [5.74, 6) is 1.01. The third kappa shape index (κ3) is 4.82. The molecule has 1 unspecified atom stereocenters. The zero-order chi connectivity index (χ0) is 27.7. The van der Waals surface area contributed by atoms with E-state index in [9.17, 15) is 9.50 Å². The Morgan fingerprint density at radius 3 is 2.36 bits per heavy atom. The highest BCUT2D eigenvalue weighted by Gasteiger charge is 2.37. The minimum atomic E-state index is -1.57. The molecule has 0 bridgehead atoms. The average Bonchev–Trinajstić information content (AvgIpc) is 3.38. The number of pyridine rings is 2. The van der Waals surface area contributed by atoms with Gasteiger partial charge in [0.2, 0.25) is 0 Å². The van der Waals surface area contributed by atoms with E-state index >= 15 is 0 Å². The van der Waals surface area contributed by atoms with Gasteiger partial charge in [-0.2, -0.15) is 0 Å². The first-order valence-corrected chi connectivity index (χ1v) is 13.1. The number of hydrogen-bond donors (Lipinski definition) is 1. The van der Waals surface area contributed by atoms with Gasteiger partial charge in [0, 0.05) is 43.0 Å². The molecule has 0 saturated heterocycles. The molecule has 5 rings (SSSR count). The Kier molecular flexibility index (Phi) is 7.25. The summed E-state index contributed by atoms with van der Waals surface area (Å²) in [5.41, 5.74) is 1.63. The van der Waals surface area contributed by atoms with E-state index in [1.54, 1.807) is 35.4 Å². The molecule has 0 spiro atoms. The molecule has 0 aliphatic carbocycles. The number of anilines is 1. The van der Waals surface area contributed by atoms with Crippen molar-refractivity contribution in [3.63, 3.8) is 0 Å². The van der Waals surface area contributed by atoms with Gasteiger partial charge in [0.05, 0.1) is 28.8 Å². The van der Waals surface area contributed by atoms with Gasteiger partial charge < -0.3 is 19.3 Å². The van der Waals surface area contributed by atoms with E-state index in [2.05, 4.69) is 9.97 Å². The number of rotatable bonds is 8. The van der Waals surface area contributed by atoms with Crippen molar-refractivity contribution in [2.45, 2.75) is 26.4 Å². The van der Waals surface area contributed by atoms with Crippen LogP contribution in [0.15, 0.2) is 73.3 Å². The first-order valence-electron chi connectivity index (χ1n) is 12.7. The topological polar surface area (TPSA) is 76.3 Å². The van der Waals surface area contributed by atoms with E-state index in [1.807, 2.05) is 63.1 Å². The van der Waals surface area contributed by atoms with E-state index in [0.717, 1.165) is 5.69 Å². The highest BCUT2D eigenvalue weighted by molar-refractivity contribution is 6.37. The smallest absolute Gasteiger partial charge is 0.189 e. The Balaban J connectivity index is 1.74. The molecule has 9 heteroatoms. The second kappa shape index (κ2) is 10.6. The lowest BCUT2D eigenvalue weighted by atomic mass is 9.83. The van der Waals surface area contributed by atoms with Crippen molar-refractivity contribution in [3.8, 4) is 11.5 Å². The van der Waals surface area contributed by atoms with Crippen LogP contribution in [0.2, 0.25) is 5.02 Å². The van der Waals surface area contributed by atoms with Gasteiger partial charge in [-0.1, -0.05) is 23.7 Å². The quantitative estimate of drug-likeness (QED) is 0.243. The Labute approximate surface area is 231 Å². The number of halogens is 2. The van der Waals surface area contributed by atoms with Gasteiger partial charge in [0.25, 0.3) is 0 Å². The average molecular weight is 546 g/mol. The molecule has 1 atom stereocenters. The maximum absolute atomic E-state index is 13.6. The van der Waals surface area contributed by atoms with Crippen molar-refractivity contribution in [1.29, 1.82) is 0 Å². The third-order valence-electron chi connectivity index (χ3n) is 6.89. The highest BCUT2D eigenvalue weighted by Crippen LogP contribution is 2.44. The number of benzene rings is 2. The van der Waals surface area contributed by atoms with Crippen molar-refractivity contribution in [2.24, 2.45) is 7.05 Å². The van der Waals surface area contributed by atoms with Crippen LogP contribution >= 0.6 is 11.6 Å². The number of fused-ring (bicyclic) bond motifs is 1. The monoisotopic (exact) mass is 545 g/mol. The Bertz CT molecular complexity index is 1620. The molecular weight excluding hydrogens is 517 g/mol. The zero-order valence-electron chi connectivity index (χ0n) is 22.2. The lowest BCUT2D eigenvalue weighted by Crippen LogP contribution is -2.31. The van der Waals surface area contributed by atoms with Crippen LogP contribution in [-0.4, -0.2) is 37.7 Å². The van der Waals surface area contributed by atoms with Gasteiger partial charge in [-0.3, -0.25) is 4.98 Å². The Morgan fingerprint density at radius 2 is 1.74 bits per heavy atom. The number of hydrogen-bond acceptors (Lipinski definition) is 6. The van der Waals surface area contributed by atoms with Crippen LogP contribution in [-0.2, 0) is 12.6 Å². The van der Waals surface area contributed by atoms with Gasteiger partial charge in [-0.05, 0) is 68.8 Å². The van der Waals surface area contributed by atoms with Gasteiger partial charge in [0.1, 0.15) is 11.6 Å². The number of aryl methyl sites for hydroxylation is 2. The van der Waals surface area contributed by atoms with Gasteiger partial charge in [-0.15, -0.1) is 0 Å². The summed E-state index contributed by atoms with van der Waals surface area (Å²) in [6.45, 7) is 7.31. The van der Waals surface area contributed by atoms with Gasteiger partial charge in [0.15, 0.2) is 17.2 Å². The molecule has 3 heterocycles. The van der Waals surface area contributed by atoms with E-state index in [4.69, 9.17) is 21.3 Å². The summed E-state index contributed by atoms with van der Waals surface area (Å²) in [5, 5.41) is 13.3. The summed E-state index contributed by atoms with van der Waals surface area (Å²) in [4.78, 5) is 15.6. The predicted molar refractivity (Wildman–Crippen MR) is 151 cm³/mol. The molecule has 39 heavy (non-hydrogen) atoms. The second-order valence-corrected chi connectivity index (χ2v) is 9.71. The van der Waals surface area contributed by atoms with E-state index in [-0.39, 0.29) is 5.82 Å². The van der Waals surface area contributed by atoms with Crippen LogP contribution in [0, 0.1) is 12.7 Å². The van der Waals surface area contributed by atoms with Crippen LogP contribution in [0.5, 0.6) is 11.5 Å². The third-order valence-corrected chi connectivity index (χ3v) is 7.27. The van der Waals surface area contributed by atoms with Gasteiger partial charge >= 0.3 is 0 Å². The summed E-state index contributed by atoms with van der Waals surface area (Å²) < 4.78 is 21.5. The zero-order valence-corrected chi connectivity index (χ0v) is 22.9. The number of aromatic nitrogens is 4. The fraction of sp³-hybridized carbons (Fsp3) is 0.233. The molecular formula is C30H29ClFN5O2. The molecule has 7 nitrogen and oxygen atoms in total. The first kappa shape index (κ1) is 26.6. The maximum Gasteiger partial charge on any atom is 0.189 e. The van der Waals surface area contributed by atoms with E-state index < -0.39 is 5.60 Å². The molecule has 0 saturated carbocycles. The highest BCUT2D eigenvalue weighted by atomic mass is 35.5. The van der Waals surface area contributed by atoms with Crippen molar-refractivity contribution in [3.05, 3.63) is 107 Å². The van der Waals surface area contributed by atoms with Crippen LogP contribution in [0.25, 0.3) is 10.9 Å². The fourth-order valence-electron chi connectivity index (χ4n) is 4.72. The van der Waals surface area contributed by atoms with Crippen LogP contribution in [0.4, 0.5) is 10.2 Å². The normalized spacial score (nSPS) is 12.9. The van der Waals surface area contributed by atoms with E-state index in [0.29, 0.717) is 63.2 Å². The molecule has 5 aromatic rings. The van der Waals surface area contributed by atoms with Crippen LogP contribution in [0.1, 0.15) is 36.4 Å². The molecule has 0 fully saturated rings. The van der Waals surface area contributed by atoms with Crippen molar-refractivity contribution in [1.82, 2.24) is 19.5 Å². The Hall–Kier alpha value is -4.01. The molecule has 2 aromatic carbocycles.